The predicted octanol–water partition coefficient (Wildman–Crippen LogP) is 0.707. The number of rotatable bonds is 5. The summed E-state index contributed by atoms with van der Waals surface area (Å²) in [5.74, 6) is 0.768. The molecule has 1 aromatic carbocycles. The number of aliphatic imine (C=N–C) groups is 1. The highest BCUT2D eigenvalue weighted by Gasteiger charge is 2.26. The Morgan fingerprint density at radius 2 is 2.10 bits per heavy atom. The molecule has 0 aromatic heterocycles. The Morgan fingerprint density at radius 3 is 2.76 bits per heavy atom. The lowest BCUT2D eigenvalue weighted by Gasteiger charge is -2.22. The van der Waals surface area contributed by atoms with Gasteiger partial charge in [-0.3, -0.25) is 4.99 Å². The third-order valence-corrected chi connectivity index (χ3v) is 4.23. The van der Waals surface area contributed by atoms with Crippen molar-refractivity contribution in [2.45, 2.75) is 11.8 Å². The Labute approximate surface area is 125 Å². The molecule has 1 aliphatic rings. The van der Waals surface area contributed by atoms with Gasteiger partial charge in [0.1, 0.15) is 10.6 Å². The van der Waals surface area contributed by atoms with Crippen molar-refractivity contribution in [3.8, 4) is 5.75 Å². The van der Waals surface area contributed by atoms with Crippen LogP contribution in [0, 0.1) is 0 Å². The van der Waals surface area contributed by atoms with E-state index in [1.54, 1.807) is 12.1 Å². The van der Waals surface area contributed by atoms with Crippen molar-refractivity contribution in [3.63, 3.8) is 0 Å². The van der Waals surface area contributed by atoms with Crippen molar-refractivity contribution >= 4 is 21.7 Å². The van der Waals surface area contributed by atoms with Crippen LogP contribution in [0.1, 0.15) is 6.92 Å². The van der Waals surface area contributed by atoms with E-state index in [2.05, 4.69) is 15.0 Å². The third kappa shape index (κ3) is 3.85. The van der Waals surface area contributed by atoms with Crippen LogP contribution >= 0.6 is 0 Å². The maximum absolute atomic E-state index is 12.2. The minimum absolute atomic E-state index is 0.167. The maximum atomic E-state index is 12.2. The summed E-state index contributed by atoms with van der Waals surface area (Å²) in [4.78, 5) is 6.36. The zero-order valence-corrected chi connectivity index (χ0v) is 13.2. The quantitative estimate of drug-likeness (QED) is 0.836. The highest BCUT2D eigenvalue weighted by Crippen LogP contribution is 2.28. The molecule has 2 N–H and O–H groups in total. The summed E-state index contributed by atoms with van der Waals surface area (Å²) in [7, 11) is 0.248. The molecule has 7 nitrogen and oxygen atoms in total. The Hall–Kier alpha value is -1.80. The topological polar surface area (TPSA) is 83.0 Å². The monoisotopic (exact) mass is 312 g/mol. The smallest absolute Gasteiger partial charge is 0.266 e. The van der Waals surface area contributed by atoms with Crippen LogP contribution in [0.2, 0.25) is 0 Å². The summed E-state index contributed by atoms with van der Waals surface area (Å²) in [5, 5.41) is 2.98. The van der Waals surface area contributed by atoms with E-state index in [9.17, 15) is 8.42 Å². The van der Waals surface area contributed by atoms with Gasteiger partial charge in [-0.2, -0.15) is 0 Å². The van der Waals surface area contributed by atoms with Crippen LogP contribution in [-0.2, 0) is 10.0 Å². The van der Waals surface area contributed by atoms with Crippen LogP contribution in [-0.4, -0.2) is 53.1 Å². The second-order valence-corrected chi connectivity index (χ2v) is 6.51. The number of nitrogens with one attached hydrogen (secondary N) is 2. The summed E-state index contributed by atoms with van der Waals surface area (Å²) in [6.45, 7) is 3.57. The van der Waals surface area contributed by atoms with Crippen LogP contribution < -0.4 is 14.8 Å². The van der Waals surface area contributed by atoms with Gasteiger partial charge in [0.05, 0.1) is 18.8 Å². The van der Waals surface area contributed by atoms with E-state index in [0.29, 0.717) is 24.6 Å². The largest absolute Gasteiger partial charge is 0.494 e. The highest BCUT2D eigenvalue weighted by atomic mass is 32.2. The van der Waals surface area contributed by atoms with Gasteiger partial charge in [0.25, 0.3) is 10.0 Å². The number of likely N-dealkylation sites (N-methyl/N-ethyl adjacent to an activating group) is 1. The second kappa shape index (κ2) is 6.31. The summed E-state index contributed by atoms with van der Waals surface area (Å²) in [5.41, 5.74) is 0.501. The molecule has 0 radical (unpaired) electrons. The molecule has 0 fully saturated rings. The SMILES string of the molecule is CCOc1ccc2c(c1)S(=O)(=O)NC(=NCCN(C)C)N2. The maximum Gasteiger partial charge on any atom is 0.266 e. The van der Waals surface area contributed by atoms with Gasteiger partial charge in [0.15, 0.2) is 0 Å². The number of hydrogen-bond donors (Lipinski definition) is 2. The number of sulfonamides is 1. The van der Waals surface area contributed by atoms with Crippen molar-refractivity contribution < 1.29 is 13.2 Å². The normalized spacial score (nSPS) is 18.0. The fourth-order valence-corrected chi connectivity index (χ4v) is 3.01. The highest BCUT2D eigenvalue weighted by molar-refractivity contribution is 7.90. The number of benzene rings is 1. The summed E-state index contributed by atoms with van der Waals surface area (Å²) < 4.78 is 32.2. The van der Waals surface area contributed by atoms with Gasteiger partial charge < -0.3 is 15.0 Å². The number of ether oxygens (including phenoxy) is 1. The van der Waals surface area contributed by atoms with E-state index >= 15 is 0 Å². The third-order valence-electron chi connectivity index (χ3n) is 2.85. The van der Waals surface area contributed by atoms with Gasteiger partial charge in [-0.25, -0.2) is 13.1 Å². The number of fused-ring (bicyclic) bond motifs is 1. The second-order valence-electron chi connectivity index (χ2n) is 4.86. The fraction of sp³-hybridized carbons (Fsp3) is 0.462. The number of guanidine groups is 1. The first-order chi connectivity index (χ1) is 9.92. The van der Waals surface area contributed by atoms with Crippen LogP contribution in [0.25, 0.3) is 0 Å². The van der Waals surface area contributed by atoms with Crippen molar-refractivity contribution in [2.24, 2.45) is 4.99 Å². The Morgan fingerprint density at radius 1 is 1.33 bits per heavy atom. The van der Waals surface area contributed by atoms with Crippen molar-refractivity contribution in [3.05, 3.63) is 18.2 Å². The van der Waals surface area contributed by atoms with E-state index in [1.807, 2.05) is 25.9 Å². The molecule has 1 aromatic rings. The van der Waals surface area contributed by atoms with Crippen LogP contribution in [0.5, 0.6) is 5.75 Å². The lowest BCUT2D eigenvalue weighted by molar-refractivity contribution is 0.339. The zero-order chi connectivity index (χ0) is 15.5. The Bertz CT molecular complexity index is 641. The van der Waals surface area contributed by atoms with E-state index < -0.39 is 10.0 Å². The number of anilines is 1. The average Bonchev–Trinajstić information content (AvgIpc) is 2.39. The summed E-state index contributed by atoms with van der Waals surface area (Å²) in [6, 6.07) is 4.92. The van der Waals surface area contributed by atoms with Gasteiger partial charge in [-0.1, -0.05) is 0 Å². The predicted molar refractivity (Wildman–Crippen MR) is 82.4 cm³/mol. The van der Waals surface area contributed by atoms with Crippen molar-refractivity contribution in [1.82, 2.24) is 9.62 Å². The molecule has 0 bridgehead atoms. The fourth-order valence-electron chi connectivity index (χ4n) is 1.85. The zero-order valence-electron chi connectivity index (χ0n) is 12.4. The number of nitrogens with zero attached hydrogens (tertiary/aromatic N) is 2. The summed E-state index contributed by atoms with van der Waals surface area (Å²) >= 11 is 0. The average molecular weight is 312 g/mol. The standard InChI is InChI=1S/C13H20N4O3S/c1-4-20-10-5-6-11-12(9-10)21(18,19)16-13(15-11)14-7-8-17(2)3/h5-6,9H,4,7-8H2,1-3H3,(H2,14,15,16). The molecule has 0 saturated heterocycles. The molecule has 8 heteroatoms. The molecule has 2 rings (SSSR count). The van der Waals surface area contributed by atoms with Crippen LogP contribution in [0.3, 0.4) is 0 Å². The van der Waals surface area contributed by atoms with Gasteiger partial charge in [-0.05, 0) is 33.2 Å². The molecule has 0 spiro atoms. The molecule has 21 heavy (non-hydrogen) atoms. The first kappa shape index (κ1) is 15.6. The Kier molecular flexibility index (Phi) is 4.69. The van der Waals surface area contributed by atoms with E-state index in [-0.39, 0.29) is 10.9 Å². The van der Waals surface area contributed by atoms with Gasteiger partial charge in [-0.15, -0.1) is 0 Å². The molecule has 116 valence electrons. The van der Waals surface area contributed by atoms with Crippen LogP contribution in [0.4, 0.5) is 5.69 Å². The van der Waals surface area contributed by atoms with Gasteiger partial charge in [0.2, 0.25) is 5.96 Å². The number of hydrogen-bond acceptors (Lipinski definition) is 5. The van der Waals surface area contributed by atoms with Gasteiger partial charge in [0, 0.05) is 12.6 Å². The van der Waals surface area contributed by atoms with Gasteiger partial charge >= 0.3 is 0 Å². The molecule has 0 saturated carbocycles. The Balaban J connectivity index is 2.24. The molecule has 0 aliphatic carbocycles. The van der Waals surface area contributed by atoms with Crippen molar-refractivity contribution in [1.29, 1.82) is 0 Å². The van der Waals surface area contributed by atoms with Crippen LogP contribution in [0.15, 0.2) is 28.1 Å². The minimum atomic E-state index is -3.62. The molecule has 1 heterocycles. The molecule has 0 unspecified atom stereocenters. The molecule has 0 amide bonds. The van der Waals surface area contributed by atoms with Crippen molar-refractivity contribution in [2.75, 3.05) is 39.1 Å². The minimum Gasteiger partial charge on any atom is -0.494 e. The van der Waals surface area contributed by atoms with E-state index in [1.165, 1.54) is 6.07 Å². The molecule has 0 atom stereocenters. The first-order valence-corrected chi connectivity index (χ1v) is 8.16. The molecular formula is C13H20N4O3S. The van der Waals surface area contributed by atoms with E-state index in [0.717, 1.165) is 6.54 Å². The first-order valence-electron chi connectivity index (χ1n) is 6.68. The lowest BCUT2D eigenvalue weighted by atomic mass is 10.3. The lowest BCUT2D eigenvalue weighted by Crippen LogP contribution is -2.41. The summed E-state index contributed by atoms with van der Waals surface area (Å²) in [6.07, 6.45) is 0. The molecule has 1 aliphatic heterocycles. The molecular weight excluding hydrogens is 292 g/mol. The van der Waals surface area contributed by atoms with E-state index in [4.69, 9.17) is 4.74 Å².